The van der Waals surface area contributed by atoms with E-state index >= 15 is 0 Å². The van der Waals surface area contributed by atoms with Gasteiger partial charge in [-0.15, -0.1) is 0 Å². The van der Waals surface area contributed by atoms with Gasteiger partial charge < -0.3 is 4.52 Å². The van der Waals surface area contributed by atoms with Gasteiger partial charge in [0.15, 0.2) is 0 Å². The molecule has 0 aliphatic heterocycles. The highest BCUT2D eigenvalue weighted by atomic mass is 16.5. The summed E-state index contributed by atoms with van der Waals surface area (Å²) in [5.41, 5.74) is 1.43. The van der Waals surface area contributed by atoms with E-state index in [0.717, 1.165) is 11.5 Å². The van der Waals surface area contributed by atoms with Gasteiger partial charge in [-0.3, -0.25) is 4.99 Å². The summed E-state index contributed by atoms with van der Waals surface area (Å²) in [4.78, 5) is 3.85. The second kappa shape index (κ2) is 4.40. The molecule has 0 unspecified atom stereocenters. The Balaban J connectivity index is 2.96. The normalized spacial score (nSPS) is 12.3. The predicted molar refractivity (Wildman–Crippen MR) is 53.6 cm³/mol. The maximum Gasteiger partial charge on any atom is 0.134 e. The van der Waals surface area contributed by atoms with Crippen molar-refractivity contribution >= 4 is 12.4 Å². The van der Waals surface area contributed by atoms with Gasteiger partial charge >= 0.3 is 0 Å². The molecule has 0 amide bonds. The topological polar surface area (TPSA) is 38.4 Å². The Hall–Kier alpha value is -1.64. The van der Waals surface area contributed by atoms with Gasteiger partial charge in [-0.25, -0.2) is 0 Å². The minimum absolute atomic E-state index is 0.714. The molecule has 0 saturated carbocycles. The zero-order valence-electron chi connectivity index (χ0n) is 7.82. The molecule has 1 heterocycles. The third-order valence-electron chi connectivity index (χ3n) is 1.51. The Bertz CT molecular complexity index is 348. The Morgan fingerprint density at radius 3 is 2.92 bits per heavy atom. The van der Waals surface area contributed by atoms with Crippen LogP contribution in [0.4, 0.5) is 0 Å². The maximum absolute atomic E-state index is 4.92. The molecule has 1 rings (SSSR count). The zero-order chi connectivity index (χ0) is 9.68. The second-order valence-electron chi connectivity index (χ2n) is 2.56. The smallest absolute Gasteiger partial charge is 0.134 e. The minimum atomic E-state index is 0.714. The third-order valence-corrected chi connectivity index (χ3v) is 1.51. The molecule has 0 spiro atoms. The summed E-state index contributed by atoms with van der Waals surface area (Å²) in [5, 5.41) is 3.83. The number of nitrogens with zero attached hydrogens (tertiary/aromatic N) is 2. The summed E-state index contributed by atoms with van der Waals surface area (Å²) in [5.74, 6) is 0.769. The first-order valence-corrected chi connectivity index (χ1v) is 4.01. The van der Waals surface area contributed by atoms with Gasteiger partial charge in [0.1, 0.15) is 11.5 Å². The first-order valence-electron chi connectivity index (χ1n) is 4.01. The molecule has 0 aliphatic carbocycles. The van der Waals surface area contributed by atoms with E-state index in [1.807, 2.05) is 38.1 Å². The van der Waals surface area contributed by atoms with Crippen LogP contribution in [0.5, 0.6) is 0 Å². The van der Waals surface area contributed by atoms with Crippen LogP contribution in [-0.2, 0) is 0 Å². The first-order chi connectivity index (χ1) is 6.27. The highest BCUT2D eigenvalue weighted by Crippen LogP contribution is 2.14. The molecule has 0 N–H and O–H groups in total. The number of aromatic nitrogens is 1. The van der Waals surface area contributed by atoms with Crippen molar-refractivity contribution in [1.82, 2.24) is 5.16 Å². The summed E-state index contributed by atoms with van der Waals surface area (Å²) in [6.07, 6.45) is 5.64. The number of aliphatic imine (C=N–C) groups is 1. The van der Waals surface area contributed by atoms with Crippen LogP contribution in [0.25, 0.3) is 5.70 Å². The van der Waals surface area contributed by atoms with Gasteiger partial charge in [0.25, 0.3) is 0 Å². The van der Waals surface area contributed by atoms with E-state index in [-0.39, 0.29) is 0 Å². The zero-order valence-corrected chi connectivity index (χ0v) is 7.82. The summed E-state index contributed by atoms with van der Waals surface area (Å²) in [6, 6.07) is 1.82. The molecule has 0 aromatic carbocycles. The molecule has 3 heteroatoms. The second-order valence-corrected chi connectivity index (χ2v) is 2.56. The molecule has 0 fully saturated rings. The molecule has 0 atom stereocenters. The molecule has 1 aromatic heterocycles. The van der Waals surface area contributed by atoms with E-state index in [2.05, 4.69) is 16.9 Å². The van der Waals surface area contributed by atoms with Crippen molar-refractivity contribution in [2.24, 2.45) is 4.99 Å². The molecule has 3 nitrogen and oxygen atoms in total. The predicted octanol–water partition coefficient (Wildman–Crippen LogP) is 2.60. The lowest BCUT2D eigenvalue weighted by Crippen LogP contribution is -1.78. The van der Waals surface area contributed by atoms with Crippen LogP contribution < -0.4 is 0 Å². The lowest BCUT2D eigenvalue weighted by Gasteiger charge is -1.90. The average molecular weight is 176 g/mol. The minimum Gasteiger partial charge on any atom is -0.361 e. The Morgan fingerprint density at radius 2 is 2.46 bits per heavy atom. The number of allylic oxidation sites excluding steroid dienone is 3. The van der Waals surface area contributed by atoms with Crippen molar-refractivity contribution in [3.05, 3.63) is 35.7 Å². The van der Waals surface area contributed by atoms with E-state index in [1.54, 1.807) is 0 Å². The van der Waals surface area contributed by atoms with Crippen LogP contribution in [0.3, 0.4) is 0 Å². The van der Waals surface area contributed by atoms with Crippen molar-refractivity contribution in [2.75, 3.05) is 0 Å². The highest BCUT2D eigenvalue weighted by molar-refractivity contribution is 5.66. The summed E-state index contributed by atoms with van der Waals surface area (Å²) in [6.45, 7) is 7.24. The largest absolute Gasteiger partial charge is 0.361 e. The third kappa shape index (κ3) is 2.40. The van der Waals surface area contributed by atoms with Crippen LogP contribution in [-0.4, -0.2) is 11.9 Å². The molecular weight excluding hydrogens is 164 g/mol. The number of hydrogen-bond acceptors (Lipinski definition) is 3. The number of hydrogen-bond donors (Lipinski definition) is 0. The Kier molecular flexibility index (Phi) is 3.20. The van der Waals surface area contributed by atoms with E-state index in [1.165, 1.54) is 0 Å². The van der Waals surface area contributed by atoms with E-state index in [9.17, 15) is 0 Å². The van der Waals surface area contributed by atoms with E-state index < -0.39 is 0 Å². The van der Waals surface area contributed by atoms with Crippen molar-refractivity contribution < 1.29 is 4.52 Å². The van der Waals surface area contributed by atoms with Gasteiger partial charge in [0.05, 0.1) is 5.70 Å². The van der Waals surface area contributed by atoms with Gasteiger partial charge in [0, 0.05) is 6.07 Å². The van der Waals surface area contributed by atoms with Crippen LogP contribution >= 0.6 is 0 Å². The maximum atomic E-state index is 4.92. The molecule has 0 aliphatic rings. The van der Waals surface area contributed by atoms with Gasteiger partial charge in [-0.1, -0.05) is 17.3 Å². The Labute approximate surface area is 77.5 Å². The monoisotopic (exact) mass is 176 g/mol. The van der Waals surface area contributed by atoms with Gasteiger partial charge in [0.2, 0.25) is 0 Å². The first kappa shape index (κ1) is 9.45. The number of rotatable bonds is 3. The molecule has 13 heavy (non-hydrogen) atoms. The van der Waals surface area contributed by atoms with Crippen LogP contribution in [0.2, 0.25) is 0 Å². The van der Waals surface area contributed by atoms with Crippen LogP contribution in [0, 0.1) is 6.92 Å². The SMILES string of the molecule is C=N/C(=C\C=C/C)c1cc(C)on1. The molecule has 0 radical (unpaired) electrons. The van der Waals surface area contributed by atoms with Gasteiger partial charge in [-0.2, -0.15) is 0 Å². The molecular formula is C10H12N2O. The van der Waals surface area contributed by atoms with Crippen molar-refractivity contribution in [3.63, 3.8) is 0 Å². The Morgan fingerprint density at radius 1 is 1.69 bits per heavy atom. The fourth-order valence-electron chi connectivity index (χ4n) is 0.894. The van der Waals surface area contributed by atoms with Crippen LogP contribution in [0.1, 0.15) is 18.4 Å². The molecule has 68 valence electrons. The highest BCUT2D eigenvalue weighted by Gasteiger charge is 2.03. The molecule has 0 saturated heterocycles. The van der Waals surface area contributed by atoms with E-state index in [4.69, 9.17) is 4.52 Å². The summed E-state index contributed by atoms with van der Waals surface area (Å²) >= 11 is 0. The average Bonchev–Trinajstić information content (AvgIpc) is 2.54. The quantitative estimate of drug-likeness (QED) is 0.524. The van der Waals surface area contributed by atoms with Crippen LogP contribution in [0.15, 0.2) is 33.8 Å². The fourth-order valence-corrected chi connectivity index (χ4v) is 0.894. The summed E-state index contributed by atoms with van der Waals surface area (Å²) in [7, 11) is 0. The number of aryl methyl sites for hydroxylation is 1. The van der Waals surface area contributed by atoms with Crippen molar-refractivity contribution in [2.45, 2.75) is 13.8 Å². The van der Waals surface area contributed by atoms with Gasteiger partial charge in [-0.05, 0) is 26.6 Å². The van der Waals surface area contributed by atoms with Crippen molar-refractivity contribution in [3.8, 4) is 0 Å². The molecule has 1 aromatic rings. The van der Waals surface area contributed by atoms with Crippen molar-refractivity contribution in [1.29, 1.82) is 0 Å². The lowest BCUT2D eigenvalue weighted by atomic mass is 10.3. The van der Waals surface area contributed by atoms with E-state index in [0.29, 0.717) is 5.69 Å². The lowest BCUT2D eigenvalue weighted by molar-refractivity contribution is 0.395. The standard InChI is InChI=1S/C10H12N2O/c1-4-5-6-9(11-3)10-7-8(2)13-12-10/h4-7H,3H2,1-2H3/b5-4-,9-6-. The molecule has 0 bridgehead atoms. The summed E-state index contributed by atoms with van der Waals surface area (Å²) < 4.78 is 4.92. The fraction of sp³-hybridized carbons (Fsp3) is 0.200.